The van der Waals surface area contributed by atoms with Crippen LogP contribution in [0, 0.1) is 0 Å². The zero-order valence-electron chi connectivity index (χ0n) is 13.4. The number of aliphatic carboxylic acids is 1. The first-order valence-electron chi connectivity index (χ1n) is 7.40. The fourth-order valence-corrected chi connectivity index (χ4v) is 4.78. The van der Waals surface area contributed by atoms with E-state index in [0.29, 0.717) is 29.6 Å². The molecule has 1 N–H and O–H groups in total. The molecule has 1 saturated heterocycles. The number of β-lactam (4-membered cyclic amide) rings is 1. The molecule has 1 aromatic heterocycles. The van der Waals surface area contributed by atoms with Gasteiger partial charge < -0.3 is 10.0 Å². The van der Waals surface area contributed by atoms with Crippen molar-refractivity contribution in [3.63, 3.8) is 0 Å². The quantitative estimate of drug-likeness (QED) is 0.523. The van der Waals surface area contributed by atoms with Gasteiger partial charge in [-0.2, -0.15) is 0 Å². The Morgan fingerprint density at radius 2 is 2.29 bits per heavy atom. The van der Waals surface area contributed by atoms with Gasteiger partial charge in [-0.1, -0.05) is 11.8 Å². The normalized spacial score (nSPS) is 20.4. The summed E-state index contributed by atoms with van der Waals surface area (Å²) in [4.78, 5) is 26.8. The molecule has 1 aromatic rings. The minimum Gasteiger partial charge on any atom is -0.477 e. The lowest BCUT2D eigenvalue weighted by atomic mass is 10.1. The van der Waals surface area contributed by atoms with Crippen molar-refractivity contribution >= 4 is 35.4 Å². The average molecular weight is 370 g/mol. The Morgan fingerprint density at radius 1 is 1.50 bits per heavy atom. The van der Waals surface area contributed by atoms with Crippen molar-refractivity contribution in [1.82, 2.24) is 30.0 Å². The van der Waals surface area contributed by atoms with Crippen molar-refractivity contribution in [2.45, 2.75) is 23.5 Å². The Kier molecular flexibility index (Phi) is 5.11. The Morgan fingerprint density at radius 3 is 2.96 bits per heavy atom. The summed E-state index contributed by atoms with van der Waals surface area (Å²) in [5.74, 6) is -0.102. The average Bonchev–Trinajstić information content (AvgIpc) is 2.97. The summed E-state index contributed by atoms with van der Waals surface area (Å²) in [5.41, 5.74) is 0.874. The van der Waals surface area contributed by atoms with Gasteiger partial charge in [0.1, 0.15) is 5.70 Å². The van der Waals surface area contributed by atoms with Crippen molar-refractivity contribution in [3.05, 3.63) is 11.3 Å². The highest BCUT2D eigenvalue weighted by molar-refractivity contribution is 8.00. The fourth-order valence-electron chi connectivity index (χ4n) is 2.48. The molecule has 0 unspecified atom stereocenters. The lowest BCUT2D eigenvalue weighted by Gasteiger charge is -2.43. The van der Waals surface area contributed by atoms with Gasteiger partial charge in [-0.05, 0) is 30.1 Å². The molecule has 0 aliphatic carbocycles. The molecule has 1 atom stereocenters. The summed E-state index contributed by atoms with van der Waals surface area (Å²) in [6.07, 6.45) is 0.421. The summed E-state index contributed by atoms with van der Waals surface area (Å²) in [7, 11) is 3.95. The summed E-state index contributed by atoms with van der Waals surface area (Å²) in [5, 5.41) is 21.8. The molecular weight excluding hydrogens is 352 g/mol. The number of thioether (sulfide) groups is 2. The van der Waals surface area contributed by atoms with Gasteiger partial charge in [0.2, 0.25) is 11.1 Å². The third kappa shape index (κ3) is 3.42. The van der Waals surface area contributed by atoms with Gasteiger partial charge >= 0.3 is 5.97 Å². The third-order valence-electron chi connectivity index (χ3n) is 3.77. The zero-order chi connectivity index (χ0) is 17.3. The molecule has 1 amide bonds. The number of aromatic nitrogens is 4. The number of likely N-dealkylation sites (N-methyl/N-ethyl adjacent to an activating group) is 1. The number of carboxylic acids is 1. The van der Waals surface area contributed by atoms with E-state index in [-0.39, 0.29) is 17.0 Å². The van der Waals surface area contributed by atoms with Crippen LogP contribution in [-0.4, -0.2) is 84.5 Å². The van der Waals surface area contributed by atoms with E-state index in [2.05, 4.69) is 15.5 Å². The Balaban J connectivity index is 1.71. The molecule has 0 aromatic carbocycles. The molecule has 0 saturated carbocycles. The smallest absolute Gasteiger partial charge is 0.352 e. The second-order valence-electron chi connectivity index (χ2n) is 5.77. The molecular formula is C13H18N6O3S2. The Labute approximate surface area is 147 Å². The number of nitrogens with zero attached hydrogens (tertiary/aromatic N) is 6. The number of hydrogen-bond donors (Lipinski definition) is 1. The van der Waals surface area contributed by atoms with Gasteiger partial charge in [0.25, 0.3) is 0 Å². The highest BCUT2D eigenvalue weighted by atomic mass is 32.2. The highest BCUT2D eigenvalue weighted by Gasteiger charge is 2.45. The maximum absolute atomic E-state index is 11.7. The SMILES string of the molecule is CN(C)CCn1nnnc1SCC1=C(C(=O)O)N2C(=O)C[C@@H]2SC1. The molecule has 130 valence electrons. The van der Waals surface area contributed by atoms with E-state index in [1.165, 1.54) is 16.7 Å². The summed E-state index contributed by atoms with van der Waals surface area (Å²) < 4.78 is 1.71. The number of rotatable bonds is 7. The Hall–Kier alpha value is -1.59. The lowest BCUT2D eigenvalue weighted by Crippen LogP contribution is -2.54. The van der Waals surface area contributed by atoms with Gasteiger partial charge in [0.05, 0.1) is 18.3 Å². The van der Waals surface area contributed by atoms with Crippen LogP contribution < -0.4 is 0 Å². The largest absolute Gasteiger partial charge is 0.477 e. The predicted molar refractivity (Wildman–Crippen MR) is 89.5 cm³/mol. The molecule has 0 radical (unpaired) electrons. The van der Waals surface area contributed by atoms with Crippen molar-refractivity contribution in [2.75, 3.05) is 32.1 Å². The second kappa shape index (κ2) is 7.11. The van der Waals surface area contributed by atoms with E-state index in [1.54, 1.807) is 16.4 Å². The van der Waals surface area contributed by atoms with E-state index in [9.17, 15) is 14.7 Å². The minimum atomic E-state index is -1.05. The van der Waals surface area contributed by atoms with E-state index in [0.717, 1.165) is 12.1 Å². The summed E-state index contributed by atoms with van der Waals surface area (Å²) >= 11 is 3.00. The molecule has 2 aliphatic heterocycles. The van der Waals surface area contributed by atoms with Crippen LogP contribution in [-0.2, 0) is 16.1 Å². The van der Waals surface area contributed by atoms with Crippen LogP contribution in [0.1, 0.15) is 6.42 Å². The number of tetrazole rings is 1. The van der Waals surface area contributed by atoms with Crippen LogP contribution in [0.2, 0.25) is 0 Å². The standard InChI is InChI=1S/C13H18N6O3S2/c1-17(2)3-4-18-13(14-15-16-18)24-7-8-6-23-10-5-9(20)19(10)11(8)12(21)22/h10H,3-7H2,1-2H3,(H,21,22)/t10-/m0/s1. The van der Waals surface area contributed by atoms with Crippen LogP contribution in [0.25, 0.3) is 0 Å². The predicted octanol–water partition coefficient (Wildman–Crippen LogP) is -0.0293. The van der Waals surface area contributed by atoms with Gasteiger partial charge in [-0.15, -0.1) is 16.9 Å². The maximum atomic E-state index is 11.7. The highest BCUT2D eigenvalue weighted by Crippen LogP contribution is 2.40. The Bertz CT molecular complexity index is 689. The number of hydrogen-bond acceptors (Lipinski definition) is 8. The molecule has 11 heteroatoms. The minimum absolute atomic E-state index is 0.0252. The van der Waals surface area contributed by atoms with Crippen molar-refractivity contribution in [1.29, 1.82) is 0 Å². The van der Waals surface area contributed by atoms with Crippen LogP contribution in [0.4, 0.5) is 0 Å². The van der Waals surface area contributed by atoms with E-state index < -0.39 is 5.97 Å². The van der Waals surface area contributed by atoms with E-state index in [1.807, 2.05) is 19.0 Å². The molecule has 24 heavy (non-hydrogen) atoms. The van der Waals surface area contributed by atoms with Crippen LogP contribution in [0.15, 0.2) is 16.4 Å². The molecule has 9 nitrogen and oxygen atoms in total. The van der Waals surface area contributed by atoms with Crippen LogP contribution in [0.5, 0.6) is 0 Å². The molecule has 2 aliphatic rings. The molecule has 3 rings (SSSR count). The summed E-state index contributed by atoms with van der Waals surface area (Å²) in [6, 6.07) is 0. The molecule has 3 heterocycles. The number of carbonyl (C=O) groups excluding carboxylic acids is 1. The van der Waals surface area contributed by atoms with Gasteiger partial charge in [0, 0.05) is 18.1 Å². The first-order valence-corrected chi connectivity index (χ1v) is 9.43. The first-order chi connectivity index (χ1) is 11.5. The van der Waals surface area contributed by atoms with Crippen molar-refractivity contribution in [3.8, 4) is 0 Å². The lowest BCUT2D eigenvalue weighted by molar-refractivity contribution is -0.146. The van der Waals surface area contributed by atoms with Gasteiger partial charge in [-0.25, -0.2) is 9.48 Å². The number of carbonyl (C=O) groups is 2. The fraction of sp³-hybridized carbons (Fsp3) is 0.615. The maximum Gasteiger partial charge on any atom is 0.352 e. The number of fused-ring (bicyclic) bond motifs is 1. The van der Waals surface area contributed by atoms with E-state index in [4.69, 9.17) is 0 Å². The van der Waals surface area contributed by atoms with Crippen LogP contribution >= 0.6 is 23.5 Å². The van der Waals surface area contributed by atoms with Crippen molar-refractivity contribution in [2.24, 2.45) is 0 Å². The molecule has 0 spiro atoms. The first kappa shape index (κ1) is 17.2. The van der Waals surface area contributed by atoms with Gasteiger partial charge in [0.15, 0.2) is 0 Å². The van der Waals surface area contributed by atoms with E-state index >= 15 is 0 Å². The second-order valence-corrected chi connectivity index (χ2v) is 7.88. The van der Waals surface area contributed by atoms with Crippen LogP contribution in [0.3, 0.4) is 0 Å². The summed E-state index contributed by atoms with van der Waals surface area (Å²) in [6.45, 7) is 1.47. The van der Waals surface area contributed by atoms with Crippen molar-refractivity contribution < 1.29 is 14.7 Å². The van der Waals surface area contributed by atoms with Gasteiger partial charge in [-0.3, -0.25) is 9.69 Å². The topological polar surface area (TPSA) is 104 Å². The zero-order valence-corrected chi connectivity index (χ0v) is 15.0. The monoisotopic (exact) mass is 370 g/mol. The molecule has 0 bridgehead atoms. The number of carboxylic acid groups (broad SMARTS) is 1. The number of amides is 1. The third-order valence-corrected chi connectivity index (χ3v) is 6.09. The molecule has 1 fully saturated rings.